The normalized spacial score (nSPS) is 21.3. The van der Waals surface area contributed by atoms with Crippen LogP contribution in [0.1, 0.15) is 64.7 Å². The highest BCUT2D eigenvalue weighted by Gasteiger charge is 2.27. The first kappa shape index (κ1) is 13.6. The van der Waals surface area contributed by atoms with Gasteiger partial charge in [-0.15, -0.1) is 12.3 Å². The molecule has 1 N–H and O–H groups in total. The summed E-state index contributed by atoms with van der Waals surface area (Å²) in [7, 11) is 0. The van der Waals surface area contributed by atoms with Crippen LogP contribution in [0.15, 0.2) is 0 Å². The van der Waals surface area contributed by atoms with Crippen molar-refractivity contribution in [2.24, 2.45) is 11.8 Å². The maximum absolute atomic E-state index is 10.3. The number of aliphatic hydroxyl groups excluding tert-OH is 1. The van der Waals surface area contributed by atoms with Crippen molar-refractivity contribution >= 4 is 0 Å². The molecule has 0 aromatic heterocycles. The summed E-state index contributed by atoms with van der Waals surface area (Å²) in [5.74, 6) is 3.37. The lowest BCUT2D eigenvalue weighted by Crippen LogP contribution is -2.30. The molecule has 0 unspecified atom stereocenters. The van der Waals surface area contributed by atoms with Gasteiger partial charge in [0.1, 0.15) is 0 Å². The van der Waals surface area contributed by atoms with Crippen molar-refractivity contribution in [2.45, 2.75) is 70.8 Å². The predicted octanol–water partition coefficient (Wildman–Crippen LogP) is 3.76. The molecule has 16 heavy (non-hydrogen) atoms. The number of rotatable bonds is 6. The van der Waals surface area contributed by atoms with Crippen molar-refractivity contribution in [1.82, 2.24) is 0 Å². The van der Waals surface area contributed by atoms with E-state index in [1.807, 2.05) is 0 Å². The van der Waals surface area contributed by atoms with Crippen LogP contribution in [0.5, 0.6) is 0 Å². The first-order valence-electron chi connectivity index (χ1n) is 6.93. The van der Waals surface area contributed by atoms with Crippen LogP contribution in [0.2, 0.25) is 0 Å². The van der Waals surface area contributed by atoms with Gasteiger partial charge in [-0.2, -0.15) is 0 Å². The predicted molar refractivity (Wildman–Crippen MR) is 69.0 cm³/mol. The summed E-state index contributed by atoms with van der Waals surface area (Å²) >= 11 is 0. The highest BCUT2D eigenvalue weighted by atomic mass is 16.3. The van der Waals surface area contributed by atoms with E-state index >= 15 is 0 Å². The molecule has 0 aromatic rings. The standard InChI is InChI=1S/C15H26O/c1-3-5-7-10-13(4-2)15(16)14-11-8-6-9-12-14/h2,13-16H,3,5-12H2,1H3/t13-,15-/m1/s1. The molecular formula is C15H26O. The van der Waals surface area contributed by atoms with Crippen LogP contribution in [0.3, 0.4) is 0 Å². The van der Waals surface area contributed by atoms with E-state index in [-0.39, 0.29) is 12.0 Å². The summed E-state index contributed by atoms with van der Waals surface area (Å²) in [6, 6.07) is 0. The van der Waals surface area contributed by atoms with E-state index in [9.17, 15) is 5.11 Å². The van der Waals surface area contributed by atoms with Gasteiger partial charge < -0.3 is 5.11 Å². The SMILES string of the molecule is C#C[C@H](CCCCC)[C@@H](O)C1CCCCC1. The number of unbranched alkanes of at least 4 members (excludes halogenated alkanes) is 2. The summed E-state index contributed by atoms with van der Waals surface area (Å²) in [5, 5.41) is 10.3. The molecule has 0 bridgehead atoms. The number of hydrogen-bond donors (Lipinski definition) is 1. The average molecular weight is 222 g/mol. The smallest absolute Gasteiger partial charge is 0.0705 e. The largest absolute Gasteiger partial charge is 0.392 e. The molecule has 1 aliphatic carbocycles. The quantitative estimate of drug-likeness (QED) is 0.536. The zero-order valence-corrected chi connectivity index (χ0v) is 10.6. The highest BCUT2D eigenvalue weighted by Crippen LogP contribution is 2.31. The van der Waals surface area contributed by atoms with E-state index in [4.69, 9.17) is 6.42 Å². The molecule has 0 spiro atoms. The van der Waals surface area contributed by atoms with Crippen molar-refractivity contribution in [3.63, 3.8) is 0 Å². The van der Waals surface area contributed by atoms with Crippen molar-refractivity contribution in [3.05, 3.63) is 0 Å². The molecule has 1 heteroatoms. The topological polar surface area (TPSA) is 20.2 Å². The third-order valence-electron chi connectivity index (χ3n) is 3.88. The third kappa shape index (κ3) is 4.18. The van der Waals surface area contributed by atoms with Gasteiger partial charge in [-0.3, -0.25) is 0 Å². The van der Waals surface area contributed by atoms with E-state index in [0.29, 0.717) is 5.92 Å². The lowest BCUT2D eigenvalue weighted by atomic mass is 9.79. The van der Waals surface area contributed by atoms with Crippen LogP contribution in [0, 0.1) is 24.2 Å². The average Bonchev–Trinajstić information content (AvgIpc) is 2.35. The zero-order chi connectivity index (χ0) is 11.8. The lowest BCUT2D eigenvalue weighted by Gasteiger charge is -2.30. The Labute approximate surface area is 101 Å². The molecule has 1 saturated carbocycles. The first-order valence-corrected chi connectivity index (χ1v) is 6.93. The second-order valence-corrected chi connectivity index (χ2v) is 5.16. The van der Waals surface area contributed by atoms with Crippen LogP contribution in [-0.4, -0.2) is 11.2 Å². The Morgan fingerprint density at radius 1 is 1.25 bits per heavy atom. The molecule has 1 nitrogen and oxygen atoms in total. The van der Waals surface area contributed by atoms with Crippen molar-refractivity contribution in [2.75, 3.05) is 0 Å². The van der Waals surface area contributed by atoms with Gasteiger partial charge in [-0.25, -0.2) is 0 Å². The van der Waals surface area contributed by atoms with Crippen LogP contribution < -0.4 is 0 Å². The highest BCUT2D eigenvalue weighted by molar-refractivity contribution is 4.98. The second kappa shape index (κ2) is 7.74. The summed E-state index contributed by atoms with van der Waals surface area (Å²) in [4.78, 5) is 0. The molecule has 0 saturated heterocycles. The Kier molecular flexibility index (Phi) is 6.57. The summed E-state index contributed by atoms with van der Waals surface area (Å²) in [6.07, 6.45) is 16.1. The van der Waals surface area contributed by atoms with Crippen LogP contribution in [-0.2, 0) is 0 Å². The van der Waals surface area contributed by atoms with Crippen LogP contribution in [0.25, 0.3) is 0 Å². The van der Waals surface area contributed by atoms with E-state index in [2.05, 4.69) is 12.8 Å². The minimum Gasteiger partial charge on any atom is -0.392 e. The number of terminal acetylenes is 1. The maximum Gasteiger partial charge on any atom is 0.0705 e. The summed E-state index contributed by atoms with van der Waals surface area (Å²) in [6.45, 7) is 2.20. The monoisotopic (exact) mass is 222 g/mol. The molecule has 0 aliphatic heterocycles. The fraction of sp³-hybridized carbons (Fsp3) is 0.867. The van der Waals surface area contributed by atoms with Crippen molar-refractivity contribution in [1.29, 1.82) is 0 Å². The van der Waals surface area contributed by atoms with E-state index < -0.39 is 0 Å². The number of aliphatic hydroxyl groups is 1. The first-order chi connectivity index (χ1) is 7.79. The van der Waals surface area contributed by atoms with Gasteiger partial charge in [-0.05, 0) is 25.2 Å². The Balaban J connectivity index is 2.35. The van der Waals surface area contributed by atoms with Gasteiger partial charge >= 0.3 is 0 Å². The van der Waals surface area contributed by atoms with Gasteiger partial charge in [0, 0.05) is 5.92 Å². The van der Waals surface area contributed by atoms with Gasteiger partial charge in [-0.1, -0.05) is 45.4 Å². The molecule has 2 atom stereocenters. The van der Waals surface area contributed by atoms with Crippen molar-refractivity contribution in [3.8, 4) is 12.3 Å². The second-order valence-electron chi connectivity index (χ2n) is 5.16. The van der Waals surface area contributed by atoms with E-state index in [1.54, 1.807) is 0 Å². The summed E-state index contributed by atoms with van der Waals surface area (Å²) in [5.41, 5.74) is 0. The van der Waals surface area contributed by atoms with Gasteiger partial charge in [0.15, 0.2) is 0 Å². The van der Waals surface area contributed by atoms with Crippen LogP contribution >= 0.6 is 0 Å². The Morgan fingerprint density at radius 2 is 1.94 bits per heavy atom. The molecule has 92 valence electrons. The minimum atomic E-state index is -0.248. The fourth-order valence-corrected chi connectivity index (χ4v) is 2.77. The minimum absolute atomic E-state index is 0.0923. The molecule has 1 fully saturated rings. The van der Waals surface area contributed by atoms with Gasteiger partial charge in [0.2, 0.25) is 0 Å². The van der Waals surface area contributed by atoms with Gasteiger partial charge in [0.25, 0.3) is 0 Å². The summed E-state index contributed by atoms with van der Waals surface area (Å²) < 4.78 is 0. The Bertz CT molecular complexity index is 210. The van der Waals surface area contributed by atoms with Gasteiger partial charge in [0.05, 0.1) is 6.10 Å². The molecule has 1 aliphatic rings. The third-order valence-corrected chi connectivity index (χ3v) is 3.88. The molecule has 0 amide bonds. The van der Waals surface area contributed by atoms with Crippen LogP contribution in [0.4, 0.5) is 0 Å². The Morgan fingerprint density at radius 3 is 2.50 bits per heavy atom. The Hall–Kier alpha value is -0.480. The molecule has 0 aromatic carbocycles. The van der Waals surface area contributed by atoms with E-state index in [0.717, 1.165) is 12.8 Å². The molecule has 0 radical (unpaired) electrons. The lowest BCUT2D eigenvalue weighted by molar-refractivity contribution is 0.0494. The fourth-order valence-electron chi connectivity index (χ4n) is 2.77. The van der Waals surface area contributed by atoms with E-state index in [1.165, 1.54) is 44.9 Å². The zero-order valence-electron chi connectivity index (χ0n) is 10.6. The number of hydrogen-bond acceptors (Lipinski definition) is 1. The van der Waals surface area contributed by atoms with Crippen molar-refractivity contribution < 1.29 is 5.11 Å². The molecule has 0 heterocycles. The molecule has 1 rings (SSSR count). The maximum atomic E-state index is 10.3. The molecular weight excluding hydrogens is 196 g/mol.